The van der Waals surface area contributed by atoms with Gasteiger partial charge in [0.15, 0.2) is 5.78 Å². The number of benzene rings is 1. The highest BCUT2D eigenvalue weighted by Crippen LogP contribution is 2.18. The van der Waals surface area contributed by atoms with Crippen LogP contribution in [0.1, 0.15) is 22.5 Å². The van der Waals surface area contributed by atoms with E-state index in [-0.39, 0.29) is 5.78 Å². The topological polar surface area (TPSA) is 47.8 Å². The molecule has 0 aliphatic heterocycles. The molecule has 3 rings (SSSR count). The minimum Gasteiger partial charge on any atom is -0.292 e. The van der Waals surface area contributed by atoms with E-state index in [9.17, 15) is 4.79 Å². The Kier molecular flexibility index (Phi) is 3.29. The minimum atomic E-state index is 0.0747. The molecular weight excluding hydrogens is 250 g/mol. The Bertz CT molecular complexity index is 756. The predicted molar refractivity (Wildman–Crippen MR) is 77.6 cm³/mol. The summed E-state index contributed by atoms with van der Waals surface area (Å²) in [5.41, 5.74) is 1.63. The van der Waals surface area contributed by atoms with Gasteiger partial charge >= 0.3 is 0 Å². The molecule has 0 saturated heterocycles. The molecule has 0 N–H and O–H groups in total. The number of aromatic nitrogens is 3. The Morgan fingerprint density at radius 2 is 2.10 bits per heavy atom. The molecule has 3 aromatic rings. The third kappa shape index (κ3) is 2.45. The number of hydrogen-bond donors (Lipinski definition) is 0. The van der Waals surface area contributed by atoms with Crippen LogP contribution in [0.15, 0.2) is 48.9 Å². The van der Waals surface area contributed by atoms with E-state index in [0.717, 1.165) is 16.3 Å². The molecule has 2 aromatic heterocycles. The van der Waals surface area contributed by atoms with Crippen molar-refractivity contribution in [1.29, 1.82) is 0 Å². The molecule has 0 bridgehead atoms. The number of rotatable bonds is 4. The predicted octanol–water partition coefficient (Wildman–Crippen LogP) is 2.78. The molecule has 100 valence electrons. The van der Waals surface area contributed by atoms with Crippen molar-refractivity contribution < 1.29 is 4.79 Å². The van der Waals surface area contributed by atoms with Crippen molar-refractivity contribution in [3.8, 4) is 0 Å². The first-order chi connectivity index (χ1) is 9.74. The van der Waals surface area contributed by atoms with E-state index in [1.807, 2.05) is 43.6 Å². The molecule has 20 heavy (non-hydrogen) atoms. The van der Waals surface area contributed by atoms with Gasteiger partial charge in [0.25, 0.3) is 0 Å². The van der Waals surface area contributed by atoms with Crippen LogP contribution >= 0.6 is 0 Å². The lowest BCUT2D eigenvalue weighted by molar-refractivity contribution is 0.0980. The Morgan fingerprint density at radius 1 is 1.25 bits per heavy atom. The van der Waals surface area contributed by atoms with Crippen molar-refractivity contribution in [2.45, 2.75) is 12.8 Å². The molecule has 0 saturated carbocycles. The van der Waals surface area contributed by atoms with Crippen molar-refractivity contribution in [2.24, 2.45) is 7.05 Å². The molecule has 0 amide bonds. The summed E-state index contributed by atoms with van der Waals surface area (Å²) in [7, 11) is 1.87. The standard InChI is InChI=1S/C16H15N3O/c1-19-11-12(10-18-19)6-7-15(20)16-14-5-3-2-4-13(14)8-9-17-16/h2-5,8-11H,6-7H2,1H3. The van der Waals surface area contributed by atoms with Gasteiger partial charge in [-0.05, 0) is 23.4 Å². The molecule has 0 unspecified atom stereocenters. The summed E-state index contributed by atoms with van der Waals surface area (Å²) in [6.45, 7) is 0. The minimum absolute atomic E-state index is 0.0747. The van der Waals surface area contributed by atoms with Gasteiger partial charge in [0.05, 0.1) is 6.20 Å². The van der Waals surface area contributed by atoms with Gasteiger partial charge in [-0.1, -0.05) is 24.3 Å². The van der Waals surface area contributed by atoms with Gasteiger partial charge in [-0.15, -0.1) is 0 Å². The van der Waals surface area contributed by atoms with E-state index in [2.05, 4.69) is 10.1 Å². The van der Waals surface area contributed by atoms with Crippen LogP contribution in [0.5, 0.6) is 0 Å². The highest BCUT2D eigenvalue weighted by molar-refractivity contribution is 6.06. The molecule has 2 heterocycles. The summed E-state index contributed by atoms with van der Waals surface area (Å²) < 4.78 is 1.75. The SMILES string of the molecule is Cn1cc(CCC(=O)c2nccc3ccccc23)cn1. The van der Waals surface area contributed by atoms with Crippen molar-refractivity contribution in [3.63, 3.8) is 0 Å². The third-order valence-electron chi connectivity index (χ3n) is 3.34. The monoisotopic (exact) mass is 265 g/mol. The Morgan fingerprint density at radius 3 is 2.90 bits per heavy atom. The molecule has 0 atom stereocenters. The second kappa shape index (κ2) is 5.25. The number of carbonyl (C=O) groups excluding carboxylic acids is 1. The molecule has 0 spiro atoms. The zero-order valence-corrected chi connectivity index (χ0v) is 11.3. The molecule has 4 heteroatoms. The summed E-state index contributed by atoms with van der Waals surface area (Å²) >= 11 is 0. The van der Waals surface area contributed by atoms with Crippen molar-refractivity contribution in [3.05, 3.63) is 60.2 Å². The Balaban J connectivity index is 1.82. The van der Waals surface area contributed by atoms with Gasteiger partial charge in [0.2, 0.25) is 0 Å². The van der Waals surface area contributed by atoms with Crippen LogP contribution in [0.3, 0.4) is 0 Å². The van der Waals surface area contributed by atoms with Crippen LogP contribution in [0.2, 0.25) is 0 Å². The lowest BCUT2D eigenvalue weighted by Crippen LogP contribution is -2.04. The van der Waals surface area contributed by atoms with Gasteiger partial charge in [0.1, 0.15) is 5.69 Å². The number of pyridine rings is 1. The number of aryl methyl sites for hydroxylation is 2. The number of Topliss-reactive ketones (excluding diaryl/α,β-unsaturated/α-hetero) is 1. The number of ketones is 1. The van der Waals surface area contributed by atoms with E-state index in [4.69, 9.17) is 0 Å². The van der Waals surface area contributed by atoms with Gasteiger partial charge in [-0.25, -0.2) is 0 Å². The maximum absolute atomic E-state index is 12.3. The molecule has 0 radical (unpaired) electrons. The van der Waals surface area contributed by atoms with E-state index >= 15 is 0 Å². The maximum atomic E-state index is 12.3. The zero-order valence-electron chi connectivity index (χ0n) is 11.3. The van der Waals surface area contributed by atoms with E-state index < -0.39 is 0 Å². The van der Waals surface area contributed by atoms with Crippen LogP contribution in [0.4, 0.5) is 0 Å². The normalized spacial score (nSPS) is 10.8. The van der Waals surface area contributed by atoms with Gasteiger partial charge in [-0.3, -0.25) is 14.5 Å². The number of nitrogens with zero attached hydrogens (tertiary/aromatic N) is 3. The summed E-state index contributed by atoms with van der Waals surface area (Å²) in [6, 6.07) is 9.76. The maximum Gasteiger partial charge on any atom is 0.182 e. The second-order valence-corrected chi connectivity index (χ2v) is 4.83. The molecule has 0 aliphatic rings. The number of hydrogen-bond acceptors (Lipinski definition) is 3. The lowest BCUT2D eigenvalue weighted by atomic mass is 10.0. The molecular formula is C16H15N3O. The Hall–Kier alpha value is -2.49. The van der Waals surface area contributed by atoms with E-state index in [0.29, 0.717) is 18.5 Å². The zero-order chi connectivity index (χ0) is 13.9. The fourth-order valence-electron chi connectivity index (χ4n) is 2.32. The van der Waals surface area contributed by atoms with Crippen LogP contribution in [-0.2, 0) is 13.5 Å². The lowest BCUT2D eigenvalue weighted by Gasteiger charge is -2.04. The van der Waals surface area contributed by atoms with E-state index in [1.165, 1.54) is 0 Å². The fourth-order valence-corrected chi connectivity index (χ4v) is 2.32. The average Bonchev–Trinajstić information content (AvgIpc) is 2.90. The molecule has 1 aromatic carbocycles. The van der Waals surface area contributed by atoms with Gasteiger partial charge < -0.3 is 0 Å². The molecule has 4 nitrogen and oxygen atoms in total. The molecule has 0 aliphatic carbocycles. The van der Waals surface area contributed by atoms with Gasteiger partial charge in [0, 0.05) is 31.2 Å². The van der Waals surface area contributed by atoms with Crippen LogP contribution < -0.4 is 0 Å². The fraction of sp³-hybridized carbons (Fsp3) is 0.188. The second-order valence-electron chi connectivity index (χ2n) is 4.83. The third-order valence-corrected chi connectivity index (χ3v) is 3.34. The smallest absolute Gasteiger partial charge is 0.182 e. The van der Waals surface area contributed by atoms with Crippen molar-refractivity contribution in [2.75, 3.05) is 0 Å². The molecule has 0 fully saturated rings. The first-order valence-electron chi connectivity index (χ1n) is 6.58. The highest BCUT2D eigenvalue weighted by atomic mass is 16.1. The van der Waals surface area contributed by atoms with Crippen LogP contribution in [0, 0.1) is 0 Å². The van der Waals surface area contributed by atoms with Crippen LogP contribution in [-0.4, -0.2) is 20.5 Å². The van der Waals surface area contributed by atoms with Crippen molar-refractivity contribution in [1.82, 2.24) is 14.8 Å². The average molecular weight is 265 g/mol. The number of carbonyl (C=O) groups is 1. The van der Waals surface area contributed by atoms with E-state index in [1.54, 1.807) is 17.1 Å². The summed E-state index contributed by atoms with van der Waals surface area (Å²) in [5.74, 6) is 0.0747. The first kappa shape index (κ1) is 12.5. The Labute approximate surface area is 117 Å². The van der Waals surface area contributed by atoms with Crippen molar-refractivity contribution >= 4 is 16.6 Å². The van der Waals surface area contributed by atoms with Gasteiger partial charge in [-0.2, -0.15) is 5.10 Å². The summed E-state index contributed by atoms with van der Waals surface area (Å²) in [6.07, 6.45) is 6.57. The first-order valence-corrected chi connectivity index (χ1v) is 6.58. The summed E-state index contributed by atoms with van der Waals surface area (Å²) in [4.78, 5) is 16.6. The largest absolute Gasteiger partial charge is 0.292 e. The van der Waals surface area contributed by atoms with Crippen LogP contribution in [0.25, 0.3) is 10.8 Å². The number of fused-ring (bicyclic) bond motifs is 1. The quantitative estimate of drug-likeness (QED) is 0.681. The summed E-state index contributed by atoms with van der Waals surface area (Å²) in [5, 5.41) is 6.08. The highest BCUT2D eigenvalue weighted by Gasteiger charge is 2.11.